The molecular weight excluding hydrogens is 1250 g/mol. The van der Waals surface area contributed by atoms with E-state index in [1.165, 1.54) is 32.1 Å². The lowest BCUT2D eigenvalue weighted by Crippen LogP contribution is -2.62. The van der Waals surface area contributed by atoms with Gasteiger partial charge in [0.1, 0.15) is 48.3 Å². The fraction of sp³-hybridized carbons (Fsp3) is 0.533. The van der Waals surface area contributed by atoms with Crippen molar-refractivity contribution in [2.24, 2.45) is 11.5 Å². The summed E-state index contributed by atoms with van der Waals surface area (Å²) in [5.41, 5.74) is 13.2. The number of hydrogen-bond donors (Lipinski definition) is 14. The summed E-state index contributed by atoms with van der Waals surface area (Å²) in [6, 6.07) is 8.65. The Balaban J connectivity index is 1.06. The molecule has 13 amide bonds. The fourth-order valence-electron chi connectivity index (χ4n) is 10.9. The minimum absolute atomic E-state index is 0.0157. The molecule has 4 heterocycles. The van der Waals surface area contributed by atoms with Crippen LogP contribution < -0.4 is 64.6 Å². The van der Waals surface area contributed by atoms with E-state index in [9.17, 15) is 71.9 Å². The molecule has 0 radical (unpaired) electrons. The van der Waals surface area contributed by atoms with Crippen molar-refractivity contribution in [1.82, 2.24) is 58.1 Å². The maximum atomic E-state index is 14.8. The fourth-order valence-corrected chi connectivity index (χ4v) is 13.8. The van der Waals surface area contributed by atoms with Crippen molar-refractivity contribution in [2.45, 2.75) is 183 Å². The number of likely N-dealkylation sites (tertiary alicyclic amines) is 1. The van der Waals surface area contributed by atoms with Gasteiger partial charge in [0.15, 0.2) is 0 Å². The first-order chi connectivity index (χ1) is 43.7. The molecule has 3 aliphatic rings. The molecule has 0 spiro atoms. The van der Waals surface area contributed by atoms with E-state index in [1.807, 2.05) is 54.2 Å². The molecule has 6 rings (SSSR count). The predicted molar refractivity (Wildman–Crippen MR) is 340 cm³/mol. The number of thiophene rings is 1. The zero-order valence-corrected chi connectivity index (χ0v) is 54.2. The molecule has 12 atom stereocenters. The van der Waals surface area contributed by atoms with Crippen LogP contribution in [0.5, 0.6) is 0 Å². The number of amides is 13. The second-order valence-electron chi connectivity index (χ2n) is 23.0. The Morgan fingerprint density at radius 1 is 0.696 bits per heavy atom. The van der Waals surface area contributed by atoms with E-state index in [1.54, 1.807) is 29.6 Å². The molecule has 2 aromatic carbocycles. The second kappa shape index (κ2) is 35.2. The monoisotopic (exact) mass is 1340 g/mol. The Labute approximate surface area is 540 Å². The van der Waals surface area contributed by atoms with E-state index in [0.29, 0.717) is 47.9 Å². The SMILES string of the molecule is CC(=O)N[C@@H](CCCCNC(=O)CCCC[C@@H]1SC[C@@H]2NC(=O)N[C@@H]21)C(=O)N[C@@H](C)C(=O)N[C@@H](C)C(=O)N[C@@H](Cc1cccs1)C(=O)N[C@H](C(=O)N1CCC[C@H]1C(=O)N[C@@H](Cc1ccc(-c2ccccc2)cc1)C(=O)N[C@@H](CCC(N)=O)C(N)=O)C(C)OP(=O)(O)O. The highest BCUT2D eigenvalue weighted by atomic mass is 32.2. The Morgan fingerprint density at radius 2 is 1.34 bits per heavy atom. The molecule has 0 bridgehead atoms. The molecule has 3 fully saturated rings. The van der Waals surface area contributed by atoms with Crippen molar-refractivity contribution in [3.05, 3.63) is 82.6 Å². The molecule has 16 N–H and O–H groups in total. The molecule has 32 heteroatoms. The molecule has 0 saturated carbocycles. The Morgan fingerprint density at radius 3 is 1.99 bits per heavy atom. The zero-order chi connectivity index (χ0) is 67.2. The van der Waals surface area contributed by atoms with Gasteiger partial charge in [-0.15, -0.1) is 11.3 Å². The van der Waals surface area contributed by atoms with Crippen molar-refractivity contribution in [1.29, 1.82) is 0 Å². The number of fused-ring (bicyclic) bond motifs is 1. The van der Waals surface area contributed by atoms with Crippen LogP contribution in [-0.2, 0) is 74.7 Å². The molecule has 3 aliphatic heterocycles. The van der Waals surface area contributed by atoms with E-state index in [-0.39, 0.29) is 75.5 Å². The van der Waals surface area contributed by atoms with Crippen LogP contribution in [0.25, 0.3) is 11.1 Å². The van der Waals surface area contributed by atoms with Crippen LogP contribution in [0.4, 0.5) is 4.79 Å². The number of phosphoric acid groups is 1. The number of nitrogens with zero attached hydrogens (tertiary/aromatic N) is 1. The van der Waals surface area contributed by atoms with Crippen LogP contribution in [0, 0.1) is 0 Å². The maximum Gasteiger partial charge on any atom is 0.469 e. The third-order valence-corrected chi connectivity index (χ3v) is 18.8. The van der Waals surface area contributed by atoms with Gasteiger partial charge in [0.25, 0.3) is 0 Å². The molecule has 3 saturated heterocycles. The first kappa shape index (κ1) is 73.1. The number of primary amides is 2. The Hall–Kier alpha value is -7.96. The number of carbonyl (C=O) groups is 12. The number of phosphoric ester groups is 1. The van der Waals surface area contributed by atoms with E-state index < -0.39 is 121 Å². The lowest BCUT2D eigenvalue weighted by atomic mass is 9.99. The highest BCUT2D eigenvalue weighted by molar-refractivity contribution is 8.00. The maximum absolute atomic E-state index is 14.8. The number of urea groups is 1. The van der Waals surface area contributed by atoms with Gasteiger partial charge in [-0.05, 0) is 100 Å². The van der Waals surface area contributed by atoms with Crippen molar-refractivity contribution >= 4 is 102 Å². The van der Waals surface area contributed by atoms with E-state index in [4.69, 9.17) is 16.0 Å². The van der Waals surface area contributed by atoms with Crippen LogP contribution in [0.1, 0.15) is 109 Å². The Bertz CT molecular complexity index is 3140. The van der Waals surface area contributed by atoms with Gasteiger partial charge >= 0.3 is 13.9 Å². The second-order valence-corrected chi connectivity index (χ2v) is 26.5. The largest absolute Gasteiger partial charge is 0.469 e. The van der Waals surface area contributed by atoms with Gasteiger partial charge in [0.2, 0.25) is 65.0 Å². The summed E-state index contributed by atoms with van der Waals surface area (Å²) in [7, 11) is -5.39. The van der Waals surface area contributed by atoms with Crippen LogP contribution in [-0.4, -0.2) is 176 Å². The molecule has 1 unspecified atom stereocenters. The summed E-state index contributed by atoms with van der Waals surface area (Å²) in [4.78, 5) is 181. The summed E-state index contributed by atoms with van der Waals surface area (Å²) in [5.74, 6) is -7.74. The number of unbranched alkanes of at least 4 members (excludes halogenated alkanes) is 2. The Kier molecular flexibility index (Phi) is 28.0. The number of nitrogens with two attached hydrogens (primary N) is 2. The predicted octanol–water partition coefficient (Wildman–Crippen LogP) is -0.0945. The number of carbonyl (C=O) groups excluding carboxylic acids is 12. The van der Waals surface area contributed by atoms with Gasteiger partial charge in [-0.1, -0.05) is 67.1 Å². The van der Waals surface area contributed by atoms with Crippen LogP contribution >= 0.6 is 30.9 Å². The van der Waals surface area contributed by atoms with E-state index in [2.05, 4.69) is 53.2 Å². The lowest BCUT2D eigenvalue weighted by molar-refractivity contribution is -0.144. The number of thioether (sulfide) groups is 1. The van der Waals surface area contributed by atoms with Gasteiger partial charge in [0, 0.05) is 61.6 Å². The number of benzene rings is 2. The first-order valence-corrected chi connectivity index (χ1v) is 34.0. The third-order valence-electron chi connectivity index (χ3n) is 15.8. The van der Waals surface area contributed by atoms with Gasteiger partial charge in [-0.2, -0.15) is 11.8 Å². The highest BCUT2D eigenvalue weighted by Crippen LogP contribution is 2.39. The van der Waals surface area contributed by atoms with Gasteiger partial charge < -0.3 is 79.3 Å². The molecule has 0 aliphatic carbocycles. The third kappa shape index (κ3) is 23.0. The van der Waals surface area contributed by atoms with Crippen molar-refractivity contribution in [3.8, 4) is 11.1 Å². The highest BCUT2D eigenvalue weighted by Gasteiger charge is 2.45. The minimum atomic E-state index is -5.39. The topological polar surface area (TPSA) is 447 Å². The van der Waals surface area contributed by atoms with Crippen LogP contribution in [0.3, 0.4) is 0 Å². The van der Waals surface area contributed by atoms with Crippen molar-refractivity contribution < 1.29 is 76.4 Å². The average Bonchev–Trinajstić information content (AvgIpc) is 1.57. The van der Waals surface area contributed by atoms with E-state index >= 15 is 0 Å². The smallest absolute Gasteiger partial charge is 0.370 e. The molecule has 92 heavy (non-hydrogen) atoms. The van der Waals surface area contributed by atoms with E-state index in [0.717, 1.165) is 41.5 Å². The minimum Gasteiger partial charge on any atom is -0.370 e. The standard InChI is InChI=1S/C60H84N13O16PS2/c1-33(65-55(80)42(66-36(4)74)17-10-11-27-63-49(76)20-9-8-19-47-51-45(32-92-47)70-60(85)72-51)53(78)64-34(2)54(79)68-44(31-40-16-13-29-91-40)57(82)71-50(35(3)89-90(86,87)88)59(84)73-28-12-18-46(73)58(83)69-43(56(81)67-41(52(62)77)25-26-48(61)75)30-37-21-23-39(24-22-37)38-14-6-5-7-15-38/h5-7,13-16,21-24,29,33-35,41-47,50-51H,8-12,17-20,25-28,30-32H2,1-4H3,(H2,61,75)(H2,62,77)(H,63,76)(H,64,78)(H,65,80)(H,66,74)(H,67,81)(H,68,79)(H,69,83)(H,71,82)(H2,70,72,85)(H2,86,87,88)/t33-,34-,35?,41-,42-,43-,44-,45-,46-,47-,50-,51-/m0/s1. The van der Waals surface area contributed by atoms with Crippen molar-refractivity contribution in [3.63, 3.8) is 0 Å². The summed E-state index contributed by atoms with van der Waals surface area (Å²) < 4.78 is 17.2. The molecule has 1 aromatic heterocycles. The van der Waals surface area contributed by atoms with Crippen molar-refractivity contribution in [2.75, 3.05) is 18.8 Å². The number of nitrogens with one attached hydrogen (secondary N) is 10. The summed E-state index contributed by atoms with van der Waals surface area (Å²) in [5, 5.41) is 28.6. The van der Waals surface area contributed by atoms with Gasteiger partial charge in [-0.3, -0.25) is 57.3 Å². The zero-order valence-electron chi connectivity index (χ0n) is 51.6. The number of rotatable bonds is 36. The molecular formula is C60H84N13O16PS2. The van der Waals surface area contributed by atoms with Crippen LogP contribution in [0.15, 0.2) is 72.1 Å². The lowest BCUT2D eigenvalue weighted by Gasteiger charge is -2.33. The van der Waals surface area contributed by atoms with Gasteiger partial charge in [-0.25, -0.2) is 9.36 Å². The molecule has 3 aromatic rings. The molecule has 29 nitrogen and oxygen atoms in total. The summed E-state index contributed by atoms with van der Waals surface area (Å²) in [6.45, 7) is 5.19. The average molecular weight is 1340 g/mol. The summed E-state index contributed by atoms with van der Waals surface area (Å²) in [6.07, 6.45) is 1.34. The first-order valence-electron chi connectivity index (χ1n) is 30.5. The van der Waals surface area contributed by atoms with Crippen LogP contribution in [0.2, 0.25) is 0 Å². The van der Waals surface area contributed by atoms with Gasteiger partial charge in [0.05, 0.1) is 18.2 Å². The quantitative estimate of drug-likeness (QED) is 0.0205. The normalized spacial score (nSPS) is 19.3. The summed E-state index contributed by atoms with van der Waals surface area (Å²) >= 11 is 3.03. The number of hydrogen-bond acceptors (Lipinski definition) is 16. The molecule has 502 valence electrons.